The highest BCUT2D eigenvalue weighted by Crippen LogP contribution is 2.40. The molecule has 3 aromatic rings. The molecule has 0 bridgehead atoms. The molecule has 14 heteroatoms. The summed E-state index contributed by atoms with van der Waals surface area (Å²) in [5.41, 5.74) is 2.53. The lowest BCUT2D eigenvalue weighted by molar-refractivity contribution is -0.109. The van der Waals surface area contributed by atoms with Crippen molar-refractivity contribution in [2.45, 2.75) is 19.9 Å². The fourth-order valence-corrected chi connectivity index (χ4v) is 4.28. The summed E-state index contributed by atoms with van der Waals surface area (Å²) >= 11 is -2.26. The van der Waals surface area contributed by atoms with E-state index in [-0.39, 0.29) is 24.9 Å². The number of carbonyl (C=O) groups excluding carboxylic acids is 1. The molecule has 1 atom stereocenters. The van der Waals surface area contributed by atoms with Crippen LogP contribution in [0.15, 0.2) is 36.5 Å². The van der Waals surface area contributed by atoms with Gasteiger partial charge in [-0.1, -0.05) is 12.1 Å². The van der Waals surface area contributed by atoms with E-state index in [1.165, 1.54) is 25.6 Å². The molecule has 0 saturated carbocycles. The van der Waals surface area contributed by atoms with Crippen LogP contribution in [0.1, 0.15) is 17.5 Å². The Labute approximate surface area is 228 Å². The van der Waals surface area contributed by atoms with Crippen LogP contribution in [0.25, 0.3) is 0 Å². The molecule has 0 aliphatic rings. The Balaban J connectivity index is 1.87. The van der Waals surface area contributed by atoms with Crippen molar-refractivity contribution in [3.8, 4) is 17.2 Å². The monoisotopic (exact) mass is 562 g/mol. The average molecular weight is 563 g/mol. The van der Waals surface area contributed by atoms with E-state index in [9.17, 15) is 17.9 Å². The number of methoxy groups -OCH3 is 3. The molecular formula is C25H31FN6O6S. The smallest absolute Gasteiger partial charge is 0.234 e. The van der Waals surface area contributed by atoms with Crippen molar-refractivity contribution < 1.29 is 32.2 Å². The molecule has 39 heavy (non-hydrogen) atoms. The molecule has 1 heterocycles. The number of ether oxygens (including phenoxy) is 3. The second kappa shape index (κ2) is 14.2. The van der Waals surface area contributed by atoms with Gasteiger partial charge in [0, 0.05) is 43.1 Å². The number of rotatable bonds is 15. The summed E-state index contributed by atoms with van der Waals surface area (Å²) in [6.45, 7) is 2.57. The van der Waals surface area contributed by atoms with E-state index < -0.39 is 17.1 Å². The van der Waals surface area contributed by atoms with Gasteiger partial charge in [-0.05, 0) is 30.5 Å². The van der Waals surface area contributed by atoms with Gasteiger partial charge < -0.3 is 30.2 Å². The third-order valence-electron chi connectivity index (χ3n) is 5.70. The van der Waals surface area contributed by atoms with Crippen LogP contribution in [-0.2, 0) is 22.6 Å². The number of carbonyl (C=O) groups is 1. The van der Waals surface area contributed by atoms with Crippen molar-refractivity contribution in [2.75, 3.05) is 45.1 Å². The van der Waals surface area contributed by atoms with Crippen molar-refractivity contribution >= 4 is 40.8 Å². The molecular weight excluding hydrogens is 531 g/mol. The number of aryl methyl sites for hydroxylation is 1. The van der Waals surface area contributed by atoms with Crippen LogP contribution < -0.4 is 30.2 Å². The lowest BCUT2D eigenvalue weighted by Crippen LogP contribution is -2.29. The first kappa shape index (κ1) is 29.5. The molecule has 1 amide bonds. The molecule has 12 nitrogen and oxygen atoms in total. The largest absolute Gasteiger partial charge is 0.493 e. The predicted octanol–water partition coefficient (Wildman–Crippen LogP) is 3.51. The van der Waals surface area contributed by atoms with E-state index in [1.807, 2.05) is 13.0 Å². The lowest BCUT2D eigenvalue weighted by Gasteiger charge is -2.21. The number of halogens is 1. The maximum absolute atomic E-state index is 14.8. The molecule has 0 saturated heterocycles. The van der Waals surface area contributed by atoms with Crippen LogP contribution in [0.5, 0.6) is 17.2 Å². The fourth-order valence-electron chi connectivity index (χ4n) is 3.76. The van der Waals surface area contributed by atoms with Crippen molar-refractivity contribution in [3.63, 3.8) is 0 Å². The van der Waals surface area contributed by atoms with E-state index in [4.69, 9.17) is 14.2 Å². The standard InChI is InChI=1S/C25H31FN6O6S/c1-16-7-5-8-20(18(16)14-32(39(34)35)10-6-9-27-15-33)30-24-19(26)13-28-25(31-24)29-17-11-21(36-2)23(38-4)22(12-17)37-3/h5,7-8,11-13,15H,6,9-10,14H2,1-4H3,(H,27,33)(H,34,35)(H2,28,29,30,31). The number of amides is 1. The average Bonchev–Trinajstić information content (AvgIpc) is 2.92. The first-order valence-electron chi connectivity index (χ1n) is 11.8. The Bertz CT molecular complexity index is 1290. The Morgan fingerprint density at radius 3 is 2.46 bits per heavy atom. The van der Waals surface area contributed by atoms with E-state index >= 15 is 0 Å². The zero-order chi connectivity index (χ0) is 28.4. The van der Waals surface area contributed by atoms with Gasteiger partial charge in [0.25, 0.3) is 0 Å². The number of nitrogens with zero attached hydrogens (tertiary/aromatic N) is 3. The van der Waals surface area contributed by atoms with Crippen molar-refractivity contribution in [1.82, 2.24) is 19.6 Å². The summed E-state index contributed by atoms with van der Waals surface area (Å²) in [4.78, 5) is 18.8. The van der Waals surface area contributed by atoms with Crippen molar-refractivity contribution in [3.05, 3.63) is 53.5 Å². The minimum Gasteiger partial charge on any atom is -0.493 e. The Kier molecular flexibility index (Phi) is 10.8. The van der Waals surface area contributed by atoms with Crippen LogP contribution in [-0.4, -0.2) is 63.9 Å². The third-order valence-corrected chi connectivity index (χ3v) is 6.45. The van der Waals surface area contributed by atoms with Gasteiger partial charge in [0.05, 0.1) is 27.5 Å². The highest BCUT2D eigenvalue weighted by atomic mass is 32.2. The molecule has 1 unspecified atom stereocenters. The highest BCUT2D eigenvalue weighted by molar-refractivity contribution is 7.76. The Morgan fingerprint density at radius 2 is 1.85 bits per heavy atom. The molecule has 0 radical (unpaired) electrons. The molecule has 2 aromatic carbocycles. The van der Waals surface area contributed by atoms with Gasteiger partial charge in [0.2, 0.25) is 29.4 Å². The first-order chi connectivity index (χ1) is 18.8. The molecule has 0 spiro atoms. The van der Waals surface area contributed by atoms with Gasteiger partial charge in [-0.2, -0.15) is 9.29 Å². The van der Waals surface area contributed by atoms with Gasteiger partial charge in [-0.3, -0.25) is 9.35 Å². The molecule has 1 aromatic heterocycles. The van der Waals surface area contributed by atoms with Gasteiger partial charge in [-0.25, -0.2) is 13.6 Å². The molecule has 0 fully saturated rings. The number of anilines is 4. The zero-order valence-corrected chi connectivity index (χ0v) is 22.8. The number of hydrogen-bond acceptors (Lipinski definition) is 9. The fraction of sp³-hybridized carbons (Fsp3) is 0.320. The molecule has 4 N–H and O–H groups in total. The van der Waals surface area contributed by atoms with Gasteiger partial charge in [0.15, 0.2) is 23.1 Å². The van der Waals surface area contributed by atoms with Gasteiger partial charge in [0.1, 0.15) is 0 Å². The summed E-state index contributed by atoms with van der Waals surface area (Å²) in [6.07, 6.45) is 2.07. The molecule has 3 rings (SSSR count). The van der Waals surface area contributed by atoms with E-state index in [2.05, 4.69) is 25.9 Å². The van der Waals surface area contributed by atoms with Crippen LogP contribution in [0.4, 0.5) is 27.5 Å². The zero-order valence-electron chi connectivity index (χ0n) is 22.0. The van der Waals surface area contributed by atoms with Crippen molar-refractivity contribution in [1.29, 1.82) is 0 Å². The quantitative estimate of drug-likeness (QED) is 0.123. The van der Waals surface area contributed by atoms with Gasteiger partial charge >= 0.3 is 0 Å². The molecule has 0 aliphatic heterocycles. The second-order valence-electron chi connectivity index (χ2n) is 8.17. The second-order valence-corrected chi connectivity index (χ2v) is 9.15. The summed E-state index contributed by atoms with van der Waals surface area (Å²) in [5, 5.41) is 8.53. The lowest BCUT2D eigenvalue weighted by atomic mass is 10.1. The van der Waals surface area contributed by atoms with Crippen LogP contribution >= 0.6 is 0 Å². The molecule has 0 aliphatic carbocycles. The minimum atomic E-state index is -2.26. The van der Waals surface area contributed by atoms with Crippen LogP contribution in [0.3, 0.4) is 0 Å². The normalized spacial score (nSPS) is 11.6. The maximum Gasteiger partial charge on any atom is 0.234 e. The number of aromatic nitrogens is 2. The van der Waals surface area contributed by atoms with Crippen molar-refractivity contribution in [2.24, 2.45) is 0 Å². The van der Waals surface area contributed by atoms with E-state index in [0.717, 1.165) is 11.8 Å². The first-order valence-corrected chi connectivity index (χ1v) is 12.9. The Hall–Kier alpha value is -4.01. The van der Waals surface area contributed by atoms with E-state index in [1.54, 1.807) is 24.3 Å². The molecule has 210 valence electrons. The third kappa shape index (κ3) is 7.75. The van der Waals surface area contributed by atoms with E-state index in [0.29, 0.717) is 53.6 Å². The number of benzene rings is 2. The van der Waals surface area contributed by atoms with Gasteiger partial charge in [-0.15, -0.1) is 0 Å². The number of hydrogen-bond donors (Lipinski definition) is 4. The SMILES string of the molecule is COc1cc(Nc2ncc(F)c(Nc3cccc(C)c3CN(CCCNC=O)S(=O)O)n2)cc(OC)c1OC. The van der Waals surface area contributed by atoms with Crippen LogP contribution in [0.2, 0.25) is 0 Å². The summed E-state index contributed by atoms with van der Waals surface area (Å²) in [6, 6.07) is 8.68. The topological polar surface area (TPSA) is 147 Å². The summed E-state index contributed by atoms with van der Waals surface area (Å²) in [5.74, 6) is 0.550. The Morgan fingerprint density at radius 1 is 1.13 bits per heavy atom. The predicted molar refractivity (Wildman–Crippen MR) is 146 cm³/mol. The van der Waals surface area contributed by atoms with Crippen LogP contribution in [0, 0.1) is 12.7 Å². The summed E-state index contributed by atoms with van der Waals surface area (Å²) < 4.78 is 54.0. The maximum atomic E-state index is 14.8. The minimum absolute atomic E-state index is 0.0985. The number of nitrogens with one attached hydrogen (secondary N) is 3. The summed E-state index contributed by atoms with van der Waals surface area (Å²) in [7, 11) is 4.48. The highest BCUT2D eigenvalue weighted by Gasteiger charge is 2.18.